The topological polar surface area (TPSA) is 0 Å². The van der Waals surface area contributed by atoms with E-state index in [1.807, 2.05) is 6.07 Å². The highest BCUT2D eigenvalue weighted by Crippen LogP contribution is 2.47. The molecule has 1 aromatic rings. The third-order valence-electron chi connectivity index (χ3n) is 1.60. The van der Waals surface area contributed by atoms with Gasteiger partial charge in [0.2, 0.25) is 0 Å². The normalized spacial score (nSPS) is 13.5. The lowest BCUT2D eigenvalue weighted by Crippen LogP contribution is -1.87. The number of rotatable bonds is 3. The van der Waals surface area contributed by atoms with E-state index < -0.39 is 8.46 Å². The van der Waals surface area contributed by atoms with Crippen molar-refractivity contribution >= 4 is 29.4 Å². The van der Waals surface area contributed by atoms with Crippen LogP contribution in [0, 0.1) is 0 Å². The molecule has 72 valence electrons. The van der Waals surface area contributed by atoms with Gasteiger partial charge in [-0.3, -0.25) is 0 Å². The van der Waals surface area contributed by atoms with Crippen molar-refractivity contribution in [3.63, 3.8) is 0 Å². The summed E-state index contributed by atoms with van der Waals surface area (Å²) >= 11 is 3.68. The Kier molecular flexibility index (Phi) is 4.07. The van der Waals surface area contributed by atoms with Crippen molar-refractivity contribution in [2.75, 3.05) is 18.3 Å². The molecule has 0 spiro atoms. The molecule has 0 radical (unpaired) electrons. The van der Waals surface area contributed by atoms with Crippen LogP contribution >= 0.6 is 23.3 Å². The van der Waals surface area contributed by atoms with Gasteiger partial charge in [0, 0.05) is 5.75 Å². The van der Waals surface area contributed by atoms with E-state index in [1.165, 1.54) is 5.56 Å². The number of hydrogen-bond donors (Lipinski definition) is 0. The van der Waals surface area contributed by atoms with E-state index >= 15 is 0 Å². The summed E-state index contributed by atoms with van der Waals surface area (Å²) < 4.78 is 0. The number of benzene rings is 1. The molecule has 0 atom stereocenters. The van der Waals surface area contributed by atoms with Gasteiger partial charge in [-0.15, -0.1) is 0 Å². The fourth-order valence-electron chi connectivity index (χ4n) is 0.977. The lowest BCUT2D eigenvalue weighted by atomic mass is 10.2. The van der Waals surface area contributed by atoms with E-state index in [1.54, 1.807) is 0 Å². The van der Waals surface area contributed by atoms with Crippen molar-refractivity contribution in [1.82, 2.24) is 0 Å². The summed E-state index contributed by atoms with van der Waals surface area (Å²) in [5.74, 6) is 1.13. The van der Waals surface area contributed by atoms with Gasteiger partial charge in [-0.25, -0.2) is 0 Å². The van der Waals surface area contributed by atoms with Crippen LogP contribution in [0.3, 0.4) is 0 Å². The molecule has 0 nitrogen and oxygen atoms in total. The molecule has 0 unspecified atom stereocenters. The van der Waals surface area contributed by atoms with Crippen LogP contribution in [0.2, 0.25) is 0 Å². The van der Waals surface area contributed by atoms with E-state index in [0.29, 0.717) is 0 Å². The highest BCUT2D eigenvalue weighted by atomic mass is 79.9. The first kappa shape index (κ1) is 10.9. The summed E-state index contributed by atoms with van der Waals surface area (Å²) in [5, 5.41) is 0. The Bertz CT molecular complexity index is 272. The Morgan fingerprint density at radius 2 is 1.85 bits per heavy atom. The first-order valence-electron chi connectivity index (χ1n) is 4.20. The molecule has 0 heterocycles. The van der Waals surface area contributed by atoms with Crippen LogP contribution in [0.5, 0.6) is 0 Å². The van der Waals surface area contributed by atoms with Crippen LogP contribution in [-0.4, -0.2) is 18.3 Å². The van der Waals surface area contributed by atoms with E-state index in [2.05, 4.69) is 63.7 Å². The van der Waals surface area contributed by atoms with Crippen molar-refractivity contribution in [2.24, 2.45) is 0 Å². The average molecular weight is 259 g/mol. The van der Waals surface area contributed by atoms with Crippen LogP contribution < -0.4 is 0 Å². The summed E-state index contributed by atoms with van der Waals surface area (Å²) in [6.45, 7) is 0. The van der Waals surface area contributed by atoms with Crippen molar-refractivity contribution in [1.29, 1.82) is 0 Å². The predicted octanol–water partition coefficient (Wildman–Crippen LogP) is 4.07. The fraction of sp³-hybridized carbons (Fsp3) is 0.273. The Morgan fingerprint density at radius 3 is 2.38 bits per heavy atom. The molecule has 0 saturated heterocycles. The molecule has 1 rings (SSSR count). The molecule has 0 saturated carbocycles. The van der Waals surface area contributed by atoms with Gasteiger partial charge < -0.3 is 0 Å². The average Bonchev–Trinajstić information content (AvgIpc) is 2.04. The first-order chi connectivity index (χ1) is 6.08. The maximum Gasteiger partial charge on any atom is 0.00424 e. The van der Waals surface area contributed by atoms with E-state index in [9.17, 15) is 0 Å². The lowest BCUT2D eigenvalue weighted by molar-refractivity contribution is 1.64. The zero-order valence-electron chi connectivity index (χ0n) is 8.03. The molecule has 1 aromatic carbocycles. The molecule has 0 aliphatic heterocycles. The molecule has 0 fully saturated rings. The van der Waals surface area contributed by atoms with Crippen molar-refractivity contribution < 1.29 is 0 Å². The van der Waals surface area contributed by atoms with Gasteiger partial charge in [-0.1, -0.05) is 42.5 Å². The van der Waals surface area contributed by atoms with Crippen molar-refractivity contribution in [3.05, 3.63) is 42.0 Å². The monoisotopic (exact) mass is 258 g/mol. The standard InChI is InChI=1S/C11H15BrS/c1-13(2,12)10-6-9-11-7-4-3-5-8-11/h3-9H,10H2,1-2H3/b9-6+. The van der Waals surface area contributed by atoms with Gasteiger partial charge >= 0.3 is 0 Å². The van der Waals surface area contributed by atoms with Crippen LogP contribution in [0.25, 0.3) is 6.08 Å². The SMILES string of the molecule is CS(C)(Br)C/C=C/c1ccccc1. The molecule has 0 bridgehead atoms. The molecular formula is C11H15BrS. The Balaban J connectivity index is 2.51. The molecule has 13 heavy (non-hydrogen) atoms. The quantitative estimate of drug-likeness (QED) is 0.767. The van der Waals surface area contributed by atoms with Gasteiger partial charge in [-0.05, 0) is 32.9 Å². The minimum Gasteiger partial charge on any atom is -0.185 e. The van der Waals surface area contributed by atoms with E-state index in [-0.39, 0.29) is 0 Å². The minimum atomic E-state index is -0.569. The van der Waals surface area contributed by atoms with E-state index in [0.717, 1.165) is 5.75 Å². The second-order valence-corrected chi connectivity index (χ2v) is 11.8. The fourth-order valence-corrected chi connectivity index (χ4v) is 1.99. The van der Waals surface area contributed by atoms with Crippen molar-refractivity contribution in [3.8, 4) is 0 Å². The molecule has 0 N–H and O–H groups in total. The zero-order chi connectivity index (χ0) is 9.73. The third-order valence-corrected chi connectivity index (χ3v) is 3.38. The molecule has 0 aromatic heterocycles. The highest BCUT2D eigenvalue weighted by Gasteiger charge is 2.01. The Hall–Kier alpha value is -0.210. The number of hydrogen-bond acceptors (Lipinski definition) is 0. The van der Waals surface area contributed by atoms with Gasteiger partial charge in [0.15, 0.2) is 0 Å². The molecular weight excluding hydrogens is 244 g/mol. The largest absolute Gasteiger partial charge is 0.185 e. The van der Waals surface area contributed by atoms with Crippen molar-refractivity contribution in [2.45, 2.75) is 0 Å². The van der Waals surface area contributed by atoms with Gasteiger partial charge in [0.25, 0.3) is 0 Å². The molecule has 0 amide bonds. The van der Waals surface area contributed by atoms with Gasteiger partial charge in [0.1, 0.15) is 0 Å². The van der Waals surface area contributed by atoms with Crippen LogP contribution in [-0.2, 0) is 0 Å². The molecule has 0 aliphatic rings. The third kappa shape index (κ3) is 5.17. The van der Waals surface area contributed by atoms with Gasteiger partial charge in [-0.2, -0.15) is 8.46 Å². The summed E-state index contributed by atoms with van der Waals surface area (Å²) in [4.78, 5) is 0. The Labute approximate surface area is 89.6 Å². The maximum atomic E-state index is 3.68. The highest BCUT2D eigenvalue weighted by molar-refractivity contribution is 9.58. The number of halogens is 1. The molecule has 2 heteroatoms. The summed E-state index contributed by atoms with van der Waals surface area (Å²) in [6.07, 6.45) is 8.92. The summed E-state index contributed by atoms with van der Waals surface area (Å²) in [7, 11) is -0.569. The summed E-state index contributed by atoms with van der Waals surface area (Å²) in [5.41, 5.74) is 1.28. The molecule has 0 aliphatic carbocycles. The summed E-state index contributed by atoms with van der Waals surface area (Å²) in [6, 6.07) is 10.4. The zero-order valence-corrected chi connectivity index (χ0v) is 10.4. The van der Waals surface area contributed by atoms with E-state index in [4.69, 9.17) is 0 Å². The lowest BCUT2D eigenvalue weighted by Gasteiger charge is -2.19. The second-order valence-electron chi connectivity index (χ2n) is 3.38. The van der Waals surface area contributed by atoms with Gasteiger partial charge in [0.05, 0.1) is 0 Å². The second kappa shape index (κ2) is 4.87. The first-order valence-corrected chi connectivity index (χ1v) is 8.66. The van der Waals surface area contributed by atoms with Crippen LogP contribution in [0.4, 0.5) is 0 Å². The minimum absolute atomic E-state index is 0.569. The predicted molar refractivity (Wildman–Crippen MR) is 68.7 cm³/mol. The van der Waals surface area contributed by atoms with Crippen LogP contribution in [0.15, 0.2) is 36.4 Å². The van der Waals surface area contributed by atoms with Crippen LogP contribution in [0.1, 0.15) is 5.56 Å². The Morgan fingerprint density at radius 1 is 1.23 bits per heavy atom. The maximum absolute atomic E-state index is 3.68. The smallest absolute Gasteiger partial charge is 0.00424 e.